The molecule has 1 rings (SSSR count). The molecule has 1 aliphatic heterocycles. The highest BCUT2D eigenvalue weighted by Gasteiger charge is 2.27. The van der Waals surface area contributed by atoms with Gasteiger partial charge in [-0.05, 0) is 26.3 Å². The van der Waals surface area contributed by atoms with Crippen molar-refractivity contribution in [3.63, 3.8) is 0 Å². The van der Waals surface area contributed by atoms with Gasteiger partial charge in [-0.3, -0.25) is 0 Å². The van der Waals surface area contributed by atoms with Crippen LogP contribution in [-0.4, -0.2) is 58.4 Å². The summed E-state index contributed by atoms with van der Waals surface area (Å²) in [6.07, 6.45) is 2.56. The van der Waals surface area contributed by atoms with Gasteiger partial charge in [-0.15, -0.1) is 12.4 Å². The van der Waals surface area contributed by atoms with Crippen LogP contribution in [0.15, 0.2) is 0 Å². The van der Waals surface area contributed by atoms with E-state index in [2.05, 4.69) is 5.32 Å². The van der Waals surface area contributed by atoms with E-state index in [1.54, 1.807) is 11.4 Å². The molecule has 7 heteroatoms. The molecular weight excluding hydrogens is 264 g/mol. The first-order chi connectivity index (χ1) is 7.60. The van der Waals surface area contributed by atoms with Gasteiger partial charge in [0.15, 0.2) is 0 Å². The molecule has 0 aromatic heterocycles. The summed E-state index contributed by atoms with van der Waals surface area (Å²) in [4.78, 5) is 0. The van der Waals surface area contributed by atoms with Crippen molar-refractivity contribution in [3.05, 3.63) is 0 Å². The number of halogens is 1. The number of nitrogens with zero attached hydrogens (tertiary/aromatic N) is 1. The number of piperidine rings is 1. The van der Waals surface area contributed by atoms with Crippen LogP contribution in [0.1, 0.15) is 19.3 Å². The maximum atomic E-state index is 12.0. The predicted molar refractivity (Wildman–Crippen MR) is 71.2 cm³/mol. The minimum Gasteiger partial charge on any atom is -0.385 e. The number of likely N-dealkylation sites (N-methyl/N-ethyl adjacent to an activating group) is 1. The largest absolute Gasteiger partial charge is 0.385 e. The Kier molecular flexibility index (Phi) is 8.32. The van der Waals surface area contributed by atoms with E-state index in [9.17, 15) is 8.42 Å². The van der Waals surface area contributed by atoms with Gasteiger partial charge >= 0.3 is 0 Å². The first-order valence-corrected chi connectivity index (χ1v) is 7.35. The van der Waals surface area contributed by atoms with Crippen LogP contribution in [0, 0.1) is 0 Å². The average molecular weight is 287 g/mol. The third-order valence-electron chi connectivity index (χ3n) is 2.94. The van der Waals surface area contributed by atoms with Crippen molar-refractivity contribution >= 4 is 22.4 Å². The zero-order valence-electron chi connectivity index (χ0n) is 10.5. The molecule has 1 N–H and O–H groups in total. The van der Waals surface area contributed by atoms with Crippen LogP contribution >= 0.6 is 12.4 Å². The van der Waals surface area contributed by atoms with Gasteiger partial charge in [0.05, 0.1) is 5.75 Å². The fraction of sp³-hybridized carbons (Fsp3) is 1.00. The topological polar surface area (TPSA) is 58.6 Å². The van der Waals surface area contributed by atoms with Crippen LogP contribution < -0.4 is 5.32 Å². The smallest absolute Gasteiger partial charge is 0.214 e. The van der Waals surface area contributed by atoms with E-state index in [1.165, 1.54) is 0 Å². The number of nitrogens with one attached hydrogen (secondary N) is 1. The van der Waals surface area contributed by atoms with Crippen molar-refractivity contribution in [2.24, 2.45) is 0 Å². The molecule has 5 nitrogen and oxygen atoms in total. The molecule has 0 saturated carbocycles. The van der Waals surface area contributed by atoms with Gasteiger partial charge in [-0.1, -0.05) is 0 Å². The Morgan fingerprint density at radius 2 is 2.18 bits per heavy atom. The average Bonchev–Trinajstić information content (AvgIpc) is 2.29. The summed E-state index contributed by atoms with van der Waals surface area (Å²) in [5.41, 5.74) is 0. The lowest BCUT2D eigenvalue weighted by molar-refractivity contribution is 0.199. The van der Waals surface area contributed by atoms with E-state index < -0.39 is 10.0 Å². The fourth-order valence-corrected chi connectivity index (χ4v) is 3.50. The highest BCUT2D eigenvalue weighted by Crippen LogP contribution is 2.14. The normalized spacial score (nSPS) is 22.1. The summed E-state index contributed by atoms with van der Waals surface area (Å²) in [5, 5.41) is 3.14. The predicted octanol–water partition coefficient (Wildman–Crippen LogP) is 0.458. The van der Waals surface area contributed by atoms with E-state index in [1.807, 2.05) is 7.05 Å². The van der Waals surface area contributed by atoms with Gasteiger partial charge in [0.2, 0.25) is 10.0 Å². The number of hydrogen-bond donors (Lipinski definition) is 1. The number of hydrogen-bond acceptors (Lipinski definition) is 4. The highest BCUT2D eigenvalue weighted by atomic mass is 35.5. The summed E-state index contributed by atoms with van der Waals surface area (Å²) in [7, 11) is 0.383. The molecule has 1 aliphatic rings. The first kappa shape index (κ1) is 17.1. The summed E-state index contributed by atoms with van der Waals surface area (Å²) >= 11 is 0. The molecule has 1 heterocycles. The summed E-state index contributed by atoms with van der Waals surface area (Å²) in [6, 6.07) is 0.297. The first-order valence-electron chi connectivity index (χ1n) is 5.74. The fourth-order valence-electron chi connectivity index (χ4n) is 1.95. The Balaban J connectivity index is 0.00000256. The van der Waals surface area contributed by atoms with Gasteiger partial charge < -0.3 is 10.1 Å². The van der Waals surface area contributed by atoms with Crippen molar-refractivity contribution in [1.82, 2.24) is 9.62 Å². The summed E-state index contributed by atoms with van der Waals surface area (Å²) in [6.45, 7) is 1.77. The third kappa shape index (κ3) is 5.52. The molecule has 0 aromatic rings. The molecule has 0 bridgehead atoms. The number of methoxy groups -OCH3 is 1. The molecule has 104 valence electrons. The number of rotatable bonds is 6. The Labute approximate surface area is 110 Å². The molecule has 0 amide bonds. The maximum Gasteiger partial charge on any atom is 0.214 e. The minimum absolute atomic E-state index is 0. The SMILES string of the molecule is CNC1CCCN(S(=O)(=O)CCCOC)C1.Cl. The second kappa shape index (κ2) is 8.26. The lowest BCUT2D eigenvalue weighted by atomic mass is 10.1. The lowest BCUT2D eigenvalue weighted by Crippen LogP contribution is -2.47. The highest BCUT2D eigenvalue weighted by molar-refractivity contribution is 7.89. The van der Waals surface area contributed by atoms with Crippen LogP contribution in [0.3, 0.4) is 0 Å². The molecule has 1 saturated heterocycles. The summed E-state index contributed by atoms with van der Waals surface area (Å²) in [5.74, 6) is 0.192. The van der Waals surface area contributed by atoms with Crippen LogP contribution in [-0.2, 0) is 14.8 Å². The third-order valence-corrected chi connectivity index (χ3v) is 4.86. The van der Waals surface area contributed by atoms with Crippen LogP contribution in [0.25, 0.3) is 0 Å². The molecule has 1 fully saturated rings. The Bertz CT molecular complexity index is 298. The van der Waals surface area contributed by atoms with Crippen molar-refractivity contribution in [3.8, 4) is 0 Å². The van der Waals surface area contributed by atoms with E-state index >= 15 is 0 Å². The molecule has 0 aliphatic carbocycles. The van der Waals surface area contributed by atoms with Crippen molar-refractivity contribution in [2.75, 3.05) is 39.6 Å². The van der Waals surface area contributed by atoms with Gasteiger partial charge in [0.1, 0.15) is 0 Å². The second-order valence-corrected chi connectivity index (χ2v) is 6.24. The Morgan fingerprint density at radius 3 is 2.76 bits per heavy atom. The molecule has 0 spiro atoms. The van der Waals surface area contributed by atoms with Crippen molar-refractivity contribution in [1.29, 1.82) is 0 Å². The zero-order chi connectivity index (χ0) is 12.0. The molecule has 17 heavy (non-hydrogen) atoms. The van der Waals surface area contributed by atoms with Crippen molar-refractivity contribution < 1.29 is 13.2 Å². The number of ether oxygens (including phenoxy) is 1. The number of sulfonamides is 1. The van der Waals surface area contributed by atoms with Gasteiger partial charge in [0, 0.05) is 32.8 Å². The monoisotopic (exact) mass is 286 g/mol. The molecular formula is C10H23ClN2O3S. The van der Waals surface area contributed by atoms with E-state index in [0.717, 1.165) is 12.8 Å². The minimum atomic E-state index is -3.09. The summed E-state index contributed by atoms with van der Waals surface area (Å²) < 4.78 is 30.4. The second-order valence-electron chi connectivity index (χ2n) is 4.15. The van der Waals surface area contributed by atoms with Crippen molar-refractivity contribution in [2.45, 2.75) is 25.3 Å². The standard InChI is InChI=1S/C10H22N2O3S.ClH/c1-11-10-5-3-6-12(9-10)16(13,14)8-4-7-15-2;/h10-11H,3-9H2,1-2H3;1H. The molecule has 0 radical (unpaired) electrons. The Hall–Kier alpha value is 0.120. The van der Waals surface area contributed by atoms with Gasteiger partial charge in [-0.2, -0.15) is 0 Å². The van der Waals surface area contributed by atoms with E-state index in [0.29, 0.717) is 32.2 Å². The molecule has 0 aromatic carbocycles. The lowest BCUT2D eigenvalue weighted by Gasteiger charge is -2.31. The van der Waals surface area contributed by atoms with E-state index in [-0.39, 0.29) is 18.2 Å². The maximum absolute atomic E-state index is 12.0. The van der Waals surface area contributed by atoms with Crippen LogP contribution in [0.2, 0.25) is 0 Å². The molecule has 1 atom stereocenters. The van der Waals surface area contributed by atoms with Crippen LogP contribution in [0.4, 0.5) is 0 Å². The zero-order valence-corrected chi connectivity index (χ0v) is 12.1. The Morgan fingerprint density at radius 1 is 1.47 bits per heavy atom. The van der Waals surface area contributed by atoms with Gasteiger partial charge in [-0.25, -0.2) is 12.7 Å². The molecule has 1 unspecified atom stereocenters. The van der Waals surface area contributed by atoms with E-state index in [4.69, 9.17) is 4.74 Å². The quantitative estimate of drug-likeness (QED) is 0.721. The van der Waals surface area contributed by atoms with Crippen LogP contribution in [0.5, 0.6) is 0 Å². The van der Waals surface area contributed by atoms with Gasteiger partial charge in [0.25, 0.3) is 0 Å².